The Morgan fingerprint density at radius 1 is 1.30 bits per heavy atom. The number of aromatic nitrogens is 2. The van der Waals surface area contributed by atoms with Gasteiger partial charge in [-0.1, -0.05) is 66.8 Å². The Labute approximate surface area is 127 Å². The van der Waals surface area contributed by atoms with Crippen molar-refractivity contribution in [2.24, 2.45) is 0 Å². The summed E-state index contributed by atoms with van der Waals surface area (Å²) in [4.78, 5) is 11.9. The van der Waals surface area contributed by atoms with Gasteiger partial charge in [0.05, 0.1) is 6.42 Å². The minimum Gasteiger partial charge on any atom is -0.300 e. The summed E-state index contributed by atoms with van der Waals surface area (Å²) in [7, 11) is 0. The number of thioether (sulfide) groups is 1. The summed E-state index contributed by atoms with van der Waals surface area (Å²) in [5.74, 6) is -0.0638. The SMILES string of the molecule is Cc1ccc(CC(=O)Nc2nnc(SC(C)C)s2)cc1. The fourth-order valence-electron chi connectivity index (χ4n) is 1.56. The lowest BCUT2D eigenvalue weighted by Crippen LogP contribution is -2.14. The van der Waals surface area contributed by atoms with Crippen molar-refractivity contribution in [3.63, 3.8) is 0 Å². The van der Waals surface area contributed by atoms with E-state index in [-0.39, 0.29) is 5.91 Å². The molecule has 0 atom stereocenters. The zero-order chi connectivity index (χ0) is 14.5. The van der Waals surface area contributed by atoms with Crippen LogP contribution in [0.4, 0.5) is 5.13 Å². The quantitative estimate of drug-likeness (QED) is 0.678. The molecule has 1 aromatic carbocycles. The van der Waals surface area contributed by atoms with Crippen LogP contribution in [0.2, 0.25) is 0 Å². The third kappa shape index (κ3) is 4.61. The zero-order valence-corrected chi connectivity index (χ0v) is 13.3. The van der Waals surface area contributed by atoms with Gasteiger partial charge in [0, 0.05) is 5.25 Å². The molecule has 0 aliphatic rings. The van der Waals surface area contributed by atoms with Crippen molar-refractivity contribution in [2.45, 2.75) is 36.8 Å². The number of nitrogens with one attached hydrogen (secondary N) is 1. The first-order valence-corrected chi connectivity index (χ1v) is 8.08. The van der Waals surface area contributed by atoms with Gasteiger partial charge in [-0.25, -0.2) is 0 Å². The molecule has 0 aliphatic heterocycles. The van der Waals surface area contributed by atoms with Crippen molar-refractivity contribution in [3.05, 3.63) is 35.4 Å². The van der Waals surface area contributed by atoms with Crippen molar-refractivity contribution < 1.29 is 4.79 Å². The summed E-state index contributed by atoms with van der Waals surface area (Å²) in [6, 6.07) is 7.94. The fraction of sp³-hybridized carbons (Fsp3) is 0.357. The number of rotatable bonds is 5. The van der Waals surface area contributed by atoms with Gasteiger partial charge in [0.15, 0.2) is 4.34 Å². The molecule has 1 aromatic heterocycles. The molecule has 4 nitrogen and oxygen atoms in total. The molecular weight excluding hydrogens is 290 g/mol. The number of carbonyl (C=O) groups excluding carboxylic acids is 1. The molecule has 106 valence electrons. The molecule has 0 aliphatic carbocycles. The van der Waals surface area contributed by atoms with E-state index in [0.29, 0.717) is 16.8 Å². The Balaban J connectivity index is 1.91. The van der Waals surface area contributed by atoms with Gasteiger partial charge >= 0.3 is 0 Å². The molecule has 0 fully saturated rings. The van der Waals surface area contributed by atoms with Crippen molar-refractivity contribution in [1.82, 2.24) is 10.2 Å². The summed E-state index contributed by atoms with van der Waals surface area (Å²) < 4.78 is 0.880. The standard InChI is InChI=1S/C14H17N3OS2/c1-9(2)19-14-17-16-13(20-14)15-12(18)8-11-6-4-10(3)5-7-11/h4-7,9H,8H2,1-3H3,(H,15,16,18). The highest BCUT2D eigenvalue weighted by Crippen LogP contribution is 2.28. The van der Waals surface area contributed by atoms with Crippen LogP contribution in [0.1, 0.15) is 25.0 Å². The van der Waals surface area contributed by atoms with Crippen LogP contribution in [0.3, 0.4) is 0 Å². The van der Waals surface area contributed by atoms with Gasteiger partial charge in [0.25, 0.3) is 0 Å². The normalized spacial score (nSPS) is 10.8. The highest BCUT2D eigenvalue weighted by molar-refractivity contribution is 8.01. The summed E-state index contributed by atoms with van der Waals surface area (Å²) in [5, 5.41) is 11.8. The van der Waals surface area contributed by atoms with E-state index in [4.69, 9.17) is 0 Å². The number of anilines is 1. The van der Waals surface area contributed by atoms with E-state index in [9.17, 15) is 4.79 Å². The average molecular weight is 307 g/mol. The van der Waals surface area contributed by atoms with Gasteiger partial charge in [0.2, 0.25) is 11.0 Å². The van der Waals surface area contributed by atoms with Crippen LogP contribution < -0.4 is 5.32 Å². The molecule has 0 radical (unpaired) electrons. The molecule has 0 saturated heterocycles. The van der Waals surface area contributed by atoms with Gasteiger partial charge in [0.1, 0.15) is 0 Å². The van der Waals surface area contributed by atoms with Crippen molar-refractivity contribution >= 4 is 34.1 Å². The maximum atomic E-state index is 11.9. The van der Waals surface area contributed by atoms with Gasteiger partial charge in [-0.3, -0.25) is 4.79 Å². The second-order valence-electron chi connectivity index (χ2n) is 4.75. The van der Waals surface area contributed by atoms with Gasteiger partial charge in [-0.2, -0.15) is 0 Å². The first-order chi connectivity index (χ1) is 9.52. The lowest BCUT2D eigenvalue weighted by atomic mass is 10.1. The Hall–Kier alpha value is -1.40. The van der Waals surface area contributed by atoms with E-state index in [2.05, 4.69) is 29.4 Å². The minimum atomic E-state index is -0.0638. The fourth-order valence-corrected chi connectivity index (χ4v) is 3.56. The van der Waals surface area contributed by atoms with Crippen molar-refractivity contribution in [3.8, 4) is 0 Å². The lowest BCUT2D eigenvalue weighted by Gasteiger charge is -2.02. The predicted octanol–water partition coefficient (Wildman–Crippen LogP) is 3.53. The number of nitrogens with zero attached hydrogens (tertiary/aromatic N) is 2. The smallest absolute Gasteiger partial charge is 0.230 e. The molecule has 20 heavy (non-hydrogen) atoms. The summed E-state index contributed by atoms with van der Waals surface area (Å²) >= 11 is 3.06. The number of hydrogen-bond acceptors (Lipinski definition) is 5. The van der Waals surface area contributed by atoms with Gasteiger partial charge < -0.3 is 5.32 Å². The zero-order valence-electron chi connectivity index (χ0n) is 11.7. The second kappa shape index (κ2) is 6.85. The van der Waals surface area contributed by atoms with E-state index in [0.717, 1.165) is 9.90 Å². The van der Waals surface area contributed by atoms with Gasteiger partial charge in [-0.05, 0) is 12.5 Å². The van der Waals surface area contributed by atoms with Crippen molar-refractivity contribution in [2.75, 3.05) is 5.32 Å². The van der Waals surface area contributed by atoms with Crippen LogP contribution in [-0.4, -0.2) is 21.4 Å². The van der Waals surface area contributed by atoms with E-state index in [1.54, 1.807) is 11.8 Å². The molecule has 1 amide bonds. The molecule has 2 rings (SSSR count). The molecule has 2 aromatic rings. The van der Waals surface area contributed by atoms with Crippen LogP contribution >= 0.6 is 23.1 Å². The summed E-state index contributed by atoms with van der Waals surface area (Å²) in [6.45, 7) is 6.22. The van der Waals surface area contributed by atoms with E-state index in [1.807, 2.05) is 31.2 Å². The highest BCUT2D eigenvalue weighted by atomic mass is 32.2. The number of hydrogen-bond donors (Lipinski definition) is 1. The molecule has 1 heterocycles. The molecule has 0 unspecified atom stereocenters. The first kappa shape index (κ1) is 15.0. The number of amides is 1. The topological polar surface area (TPSA) is 54.9 Å². The van der Waals surface area contributed by atoms with Crippen LogP contribution in [0.25, 0.3) is 0 Å². The molecule has 6 heteroatoms. The maximum Gasteiger partial charge on any atom is 0.230 e. The Bertz CT molecular complexity index is 578. The predicted molar refractivity (Wildman–Crippen MR) is 84.4 cm³/mol. The average Bonchev–Trinajstić information content (AvgIpc) is 2.78. The molecule has 0 bridgehead atoms. The molecular formula is C14H17N3OS2. The largest absolute Gasteiger partial charge is 0.300 e. The summed E-state index contributed by atoms with van der Waals surface area (Å²) in [5.41, 5.74) is 2.18. The van der Waals surface area contributed by atoms with Crippen LogP contribution in [0.5, 0.6) is 0 Å². The van der Waals surface area contributed by atoms with Crippen molar-refractivity contribution in [1.29, 1.82) is 0 Å². The van der Waals surface area contributed by atoms with E-state index < -0.39 is 0 Å². The van der Waals surface area contributed by atoms with Crippen LogP contribution in [0, 0.1) is 6.92 Å². The number of aryl methyl sites for hydroxylation is 1. The highest BCUT2D eigenvalue weighted by Gasteiger charge is 2.10. The minimum absolute atomic E-state index is 0.0638. The second-order valence-corrected chi connectivity index (χ2v) is 7.55. The van der Waals surface area contributed by atoms with Crippen LogP contribution in [-0.2, 0) is 11.2 Å². The molecule has 0 spiro atoms. The Kier molecular flexibility index (Phi) is 5.14. The molecule has 1 N–H and O–H groups in total. The molecule has 0 saturated carbocycles. The van der Waals surface area contributed by atoms with Crippen LogP contribution in [0.15, 0.2) is 28.6 Å². The number of carbonyl (C=O) groups is 1. The third-order valence-electron chi connectivity index (χ3n) is 2.47. The van der Waals surface area contributed by atoms with E-state index in [1.165, 1.54) is 16.9 Å². The third-order valence-corrected chi connectivity index (χ3v) is 4.40. The number of benzene rings is 1. The Morgan fingerprint density at radius 3 is 2.65 bits per heavy atom. The first-order valence-electron chi connectivity index (χ1n) is 6.38. The summed E-state index contributed by atoms with van der Waals surface area (Å²) in [6.07, 6.45) is 0.354. The van der Waals surface area contributed by atoms with E-state index >= 15 is 0 Å². The maximum absolute atomic E-state index is 11.9. The Morgan fingerprint density at radius 2 is 2.00 bits per heavy atom. The lowest BCUT2D eigenvalue weighted by molar-refractivity contribution is -0.115. The monoisotopic (exact) mass is 307 g/mol. The van der Waals surface area contributed by atoms with Gasteiger partial charge in [-0.15, -0.1) is 10.2 Å².